The first-order chi connectivity index (χ1) is 8.78. The lowest BCUT2D eigenvalue weighted by molar-refractivity contribution is 0.0639. The van der Waals surface area contributed by atoms with Crippen molar-refractivity contribution in [1.29, 1.82) is 0 Å². The number of hydrogen-bond donors (Lipinski definition) is 2. The van der Waals surface area contributed by atoms with Crippen molar-refractivity contribution in [3.63, 3.8) is 0 Å². The Bertz CT molecular complexity index is 340. The minimum absolute atomic E-state index is 0.211. The van der Waals surface area contributed by atoms with Gasteiger partial charge in [-0.15, -0.1) is 11.3 Å². The Labute approximate surface area is 114 Å². The monoisotopic (exact) mass is 267 g/mol. The van der Waals surface area contributed by atoms with Gasteiger partial charge in [0.15, 0.2) is 0 Å². The van der Waals surface area contributed by atoms with Gasteiger partial charge >= 0.3 is 0 Å². The quantitative estimate of drug-likeness (QED) is 0.615. The molecule has 1 saturated carbocycles. The number of nitrogens with zero attached hydrogens (tertiary/aromatic N) is 1. The minimum Gasteiger partial charge on any atom is -0.296 e. The van der Waals surface area contributed by atoms with Crippen LogP contribution >= 0.6 is 11.3 Å². The summed E-state index contributed by atoms with van der Waals surface area (Å²) in [6, 6.07) is 4.59. The third-order valence-electron chi connectivity index (χ3n) is 4.39. The van der Waals surface area contributed by atoms with Crippen LogP contribution in [0.4, 0.5) is 0 Å². The summed E-state index contributed by atoms with van der Waals surface area (Å²) in [5.41, 5.74) is 3.32. The van der Waals surface area contributed by atoms with Crippen LogP contribution in [0.15, 0.2) is 17.5 Å². The SMILES string of the molecule is CCN(CC)C1(C(NN)c2cccs2)CCCC1. The molecule has 1 aromatic rings. The van der Waals surface area contributed by atoms with E-state index in [0.29, 0.717) is 0 Å². The van der Waals surface area contributed by atoms with E-state index in [0.717, 1.165) is 13.1 Å². The number of rotatable bonds is 6. The van der Waals surface area contributed by atoms with Crippen molar-refractivity contribution in [2.75, 3.05) is 13.1 Å². The Balaban J connectivity index is 2.33. The standard InChI is InChI=1S/C14H25N3S/c1-3-17(4-2)14(9-5-6-10-14)13(16-15)12-8-7-11-18-12/h7-8,11,13,16H,3-6,9-10,15H2,1-2H3. The zero-order valence-electron chi connectivity index (χ0n) is 11.5. The predicted molar refractivity (Wildman–Crippen MR) is 78.5 cm³/mol. The molecule has 18 heavy (non-hydrogen) atoms. The van der Waals surface area contributed by atoms with Crippen molar-refractivity contribution >= 4 is 11.3 Å². The molecule has 0 amide bonds. The summed E-state index contributed by atoms with van der Waals surface area (Å²) in [5.74, 6) is 5.91. The molecular weight excluding hydrogens is 242 g/mol. The molecule has 1 atom stereocenters. The second-order valence-corrected chi connectivity index (χ2v) is 6.08. The molecule has 102 valence electrons. The van der Waals surface area contributed by atoms with Gasteiger partial charge in [-0.3, -0.25) is 16.2 Å². The number of nitrogens with two attached hydrogens (primary N) is 1. The van der Waals surface area contributed by atoms with Crippen molar-refractivity contribution in [2.45, 2.75) is 51.1 Å². The van der Waals surface area contributed by atoms with Crippen LogP contribution < -0.4 is 11.3 Å². The molecule has 0 bridgehead atoms. The summed E-state index contributed by atoms with van der Waals surface area (Å²) >= 11 is 1.81. The number of thiophene rings is 1. The summed E-state index contributed by atoms with van der Waals surface area (Å²) in [7, 11) is 0. The van der Waals surface area contributed by atoms with Crippen LogP contribution in [0.3, 0.4) is 0 Å². The third kappa shape index (κ3) is 2.35. The highest BCUT2D eigenvalue weighted by Gasteiger charge is 2.45. The number of hydrogen-bond acceptors (Lipinski definition) is 4. The van der Waals surface area contributed by atoms with E-state index in [2.05, 4.69) is 41.7 Å². The Hall–Kier alpha value is -0.420. The van der Waals surface area contributed by atoms with Crippen molar-refractivity contribution in [1.82, 2.24) is 10.3 Å². The molecule has 0 aliphatic heterocycles. The second kappa shape index (κ2) is 6.15. The number of nitrogens with one attached hydrogen (secondary N) is 1. The zero-order chi connectivity index (χ0) is 13.0. The molecule has 3 N–H and O–H groups in total. The molecule has 0 saturated heterocycles. The van der Waals surface area contributed by atoms with Crippen LogP contribution in [0.1, 0.15) is 50.4 Å². The summed E-state index contributed by atoms with van der Waals surface area (Å²) in [6.45, 7) is 6.71. The van der Waals surface area contributed by atoms with E-state index in [9.17, 15) is 0 Å². The highest BCUT2D eigenvalue weighted by Crippen LogP contribution is 2.45. The van der Waals surface area contributed by atoms with Crippen molar-refractivity contribution < 1.29 is 0 Å². The summed E-state index contributed by atoms with van der Waals surface area (Å²) in [6.07, 6.45) is 5.14. The van der Waals surface area contributed by atoms with Gasteiger partial charge in [0.2, 0.25) is 0 Å². The normalized spacial score (nSPS) is 20.4. The topological polar surface area (TPSA) is 41.3 Å². The molecule has 0 spiro atoms. The van der Waals surface area contributed by atoms with E-state index < -0.39 is 0 Å². The van der Waals surface area contributed by atoms with Crippen LogP contribution in [0.5, 0.6) is 0 Å². The van der Waals surface area contributed by atoms with Gasteiger partial charge in [-0.2, -0.15) is 0 Å². The van der Waals surface area contributed by atoms with Gasteiger partial charge in [-0.05, 0) is 37.4 Å². The molecule has 2 rings (SSSR count). The average Bonchev–Trinajstić information content (AvgIpc) is 3.04. The van der Waals surface area contributed by atoms with E-state index in [-0.39, 0.29) is 11.6 Å². The van der Waals surface area contributed by atoms with E-state index >= 15 is 0 Å². The first-order valence-corrected chi connectivity index (χ1v) is 7.91. The van der Waals surface area contributed by atoms with Crippen LogP contribution in [0.2, 0.25) is 0 Å². The Morgan fingerprint density at radius 2 is 2.06 bits per heavy atom. The fraction of sp³-hybridized carbons (Fsp3) is 0.714. The summed E-state index contributed by atoms with van der Waals surface area (Å²) < 4.78 is 0. The average molecular weight is 267 g/mol. The van der Waals surface area contributed by atoms with Gasteiger partial charge in [0, 0.05) is 10.4 Å². The Kier molecular flexibility index (Phi) is 4.78. The molecule has 1 fully saturated rings. The van der Waals surface area contributed by atoms with Gasteiger partial charge in [0.05, 0.1) is 6.04 Å². The molecule has 1 unspecified atom stereocenters. The molecule has 1 aliphatic carbocycles. The van der Waals surface area contributed by atoms with Crippen LogP contribution in [0, 0.1) is 0 Å². The van der Waals surface area contributed by atoms with Crippen molar-refractivity contribution in [2.24, 2.45) is 5.84 Å². The largest absolute Gasteiger partial charge is 0.296 e. The number of likely N-dealkylation sites (N-methyl/N-ethyl adjacent to an activating group) is 1. The molecule has 4 heteroatoms. The molecule has 0 aromatic carbocycles. The fourth-order valence-electron chi connectivity index (χ4n) is 3.59. The summed E-state index contributed by atoms with van der Waals surface area (Å²) in [5, 5.41) is 2.14. The van der Waals surface area contributed by atoms with Crippen LogP contribution in [0.25, 0.3) is 0 Å². The van der Waals surface area contributed by atoms with E-state index in [1.54, 1.807) is 0 Å². The zero-order valence-corrected chi connectivity index (χ0v) is 12.3. The Morgan fingerprint density at radius 3 is 2.50 bits per heavy atom. The molecule has 3 nitrogen and oxygen atoms in total. The maximum absolute atomic E-state index is 5.91. The molecule has 1 heterocycles. The van der Waals surface area contributed by atoms with Gasteiger partial charge < -0.3 is 0 Å². The third-order valence-corrected chi connectivity index (χ3v) is 5.33. The van der Waals surface area contributed by atoms with E-state index in [1.165, 1.54) is 30.6 Å². The van der Waals surface area contributed by atoms with E-state index in [1.807, 2.05) is 11.3 Å². The molecule has 0 radical (unpaired) electrons. The van der Waals surface area contributed by atoms with Gasteiger partial charge in [0.1, 0.15) is 0 Å². The van der Waals surface area contributed by atoms with E-state index in [4.69, 9.17) is 5.84 Å². The van der Waals surface area contributed by atoms with Crippen molar-refractivity contribution in [3.05, 3.63) is 22.4 Å². The molecule has 1 aromatic heterocycles. The molecule has 1 aliphatic rings. The summed E-state index contributed by atoms with van der Waals surface area (Å²) in [4.78, 5) is 3.97. The molecular formula is C14H25N3S. The lowest BCUT2D eigenvalue weighted by Gasteiger charge is -2.45. The second-order valence-electron chi connectivity index (χ2n) is 5.10. The van der Waals surface area contributed by atoms with Crippen LogP contribution in [-0.2, 0) is 0 Å². The highest BCUT2D eigenvalue weighted by molar-refractivity contribution is 7.10. The number of hydrazine groups is 1. The maximum Gasteiger partial charge on any atom is 0.0736 e. The fourth-order valence-corrected chi connectivity index (χ4v) is 4.48. The lowest BCUT2D eigenvalue weighted by Crippen LogP contribution is -2.56. The Morgan fingerprint density at radius 1 is 1.39 bits per heavy atom. The van der Waals surface area contributed by atoms with Gasteiger partial charge in [-0.1, -0.05) is 32.8 Å². The van der Waals surface area contributed by atoms with Crippen molar-refractivity contribution in [3.8, 4) is 0 Å². The predicted octanol–water partition coefficient (Wildman–Crippen LogP) is 2.91. The van der Waals surface area contributed by atoms with Gasteiger partial charge in [-0.25, -0.2) is 0 Å². The first-order valence-electron chi connectivity index (χ1n) is 7.03. The smallest absolute Gasteiger partial charge is 0.0736 e. The first kappa shape index (κ1) is 14.0. The minimum atomic E-state index is 0.211. The maximum atomic E-state index is 5.91. The highest BCUT2D eigenvalue weighted by atomic mass is 32.1. The lowest BCUT2D eigenvalue weighted by atomic mass is 9.85. The van der Waals surface area contributed by atoms with Crippen LogP contribution in [-0.4, -0.2) is 23.5 Å². The van der Waals surface area contributed by atoms with Gasteiger partial charge in [0.25, 0.3) is 0 Å².